The average molecular weight is 251 g/mol. The third-order valence-corrected chi connectivity index (χ3v) is 3.06. The van der Waals surface area contributed by atoms with Gasteiger partial charge >= 0.3 is 0 Å². The molecule has 0 bridgehead atoms. The van der Waals surface area contributed by atoms with E-state index in [2.05, 4.69) is 4.98 Å². The number of hydrogen-bond acceptors (Lipinski definition) is 2. The number of aldehydes is 1. The second-order valence-electron chi connectivity index (χ2n) is 4.26. The molecule has 3 aromatic rings. The van der Waals surface area contributed by atoms with E-state index in [1.54, 1.807) is 6.20 Å². The first-order chi connectivity index (χ1) is 9.28. The van der Waals surface area contributed by atoms with Crippen LogP contribution in [0.2, 0.25) is 0 Å². The minimum atomic E-state index is -0.355. The van der Waals surface area contributed by atoms with Gasteiger partial charge in [0.25, 0.3) is 0 Å². The molecule has 1 aromatic heterocycles. The summed E-state index contributed by atoms with van der Waals surface area (Å²) in [6.07, 6.45) is 2.46. The van der Waals surface area contributed by atoms with Crippen LogP contribution in [0.3, 0.4) is 0 Å². The Labute approximate surface area is 109 Å². The summed E-state index contributed by atoms with van der Waals surface area (Å²) in [6.45, 7) is 0. The van der Waals surface area contributed by atoms with Crippen molar-refractivity contribution >= 4 is 17.2 Å². The van der Waals surface area contributed by atoms with Crippen molar-refractivity contribution in [2.24, 2.45) is 0 Å². The van der Waals surface area contributed by atoms with Gasteiger partial charge in [-0.2, -0.15) is 0 Å². The van der Waals surface area contributed by atoms with E-state index in [4.69, 9.17) is 0 Å². The summed E-state index contributed by atoms with van der Waals surface area (Å²) in [5.41, 5.74) is 2.75. The SMILES string of the molecule is O=Cc1ccc(F)cc1-c1ccc2ncccc2c1. The van der Waals surface area contributed by atoms with E-state index >= 15 is 0 Å². The number of hydrogen-bond donors (Lipinski definition) is 0. The van der Waals surface area contributed by atoms with Gasteiger partial charge in [-0.05, 0) is 47.5 Å². The predicted octanol–water partition coefficient (Wildman–Crippen LogP) is 3.85. The highest BCUT2D eigenvalue weighted by atomic mass is 19.1. The maximum absolute atomic E-state index is 13.4. The molecule has 0 saturated carbocycles. The molecule has 2 nitrogen and oxygen atoms in total. The van der Waals surface area contributed by atoms with Gasteiger partial charge in [0.1, 0.15) is 5.82 Å². The zero-order chi connectivity index (χ0) is 13.2. The molecule has 0 unspecified atom stereocenters. The number of halogens is 1. The van der Waals surface area contributed by atoms with Crippen molar-refractivity contribution in [2.45, 2.75) is 0 Å². The minimum absolute atomic E-state index is 0.355. The van der Waals surface area contributed by atoms with Crippen molar-refractivity contribution in [1.29, 1.82) is 0 Å². The van der Waals surface area contributed by atoms with Crippen LogP contribution in [0.5, 0.6) is 0 Å². The zero-order valence-electron chi connectivity index (χ0n) is 10.0. The number of nitrogens with zero attached hydrogens (tertiary/aromatic N) is 1. The summed E-state index contributed by atoms with van der Waals surface area (Å²) in [4.78, 5) is 15.3. The van der Waals surface area contributed by atoms with Gasteiger partial charge in [-0.1, -0.05) is 12.1 Å². The van der Waals surface area contributed by atoms with E-state index < -0.39 is 0 Å². The monoisotopic (exact) mass is 251 g/mol. The molecule has 0 aliphatic carbocycles. The fourth-order valence-electron chi connectivity index (χ4n) is 2.12. The van der Waals surface area contributed by atoms with Gasteiger partial charge in [0.05, 0.1) is 5.52 Å². The second-order valence-corrected chi connectivity index (χ2v) is 4.26. The number of carbonyl (C=O) groups is 1. The first-order valence-corrected chi connectivity index (χ1v) is 5.88. The van der Waals surface area contributed by atoms with Crippen LogP contribution in [0.4, 0.5) is 4.39 Å². The fourth-order valence-corrected chi connectivity index (χ4v) is 2.12. The molecule has 3 rings (SSSR count). The molecule has 0 N–H and O–H groups in total. The first kappa shape index (κ1) is 11.5. The Morgan fingerprint density at radius 1 is 1.05 bits per heavy atom. The Morgan fingerprint density at radius 2 is 1.95 bits per heavy atom. The Morgan fingerprint density at radius 3 is 2.79 bits per heavy atom. The first-order valence-electron chi connectivity index (χ1n) is 5.88. The van der Waals surface area contributed by atoms with Crippen LogP contribution in [0.15, 0.2) is 54.7 Å². The number of carbonyl (C=O) groups excluding carboxylic acids is 1. The molecule has 0 amide bonds. The lowest BCUT2D eigenvalue weighted by molar-refractivity contribution is 0.112. The number of benzene rings is 2. The van der Waals surface area contributed by atoms with Gasteiger partial charge in [0.2, 0.25) is 0 Å². The highest BCUT2D eigenvalue weighted by molar-refractivity contribution is 5.91. The summed E-state index contributed by atoms with van der Waals surface area (Å²) >= 11 is 0. The van der Waals surface area contributed by atoms with Crippen LogP contribution in [-0.4, -0.2) is 11.3 Å². The molecule has 1 heterocycles. The van der Waals surface area contributed by atoms with Crippen molar-refractivity contribution in [3.05, 3.63) is 66.1 Å². The van der Waals surface area contributed by atoms with E-state index in [9.17, 15) is 9.18 Å². The summed E-state index contributed by atoms with van der Waals surface area (Å²) in [7, 11) is 0. The van der Waals surface area contributed by atoms with Crippen LogP contribution >= 0.6 is 0 Å². The minimum Gasteiger partial charge on any atom is -0.298 e. The Balaban J connectivity index is 2.24. The van der Waals surface area contributed by atoms with E-state index in [0.717, 1.165) is 22.8 Å². The molecule has 19 heavy (non-hydrogen) atoms. The third-order valence-electron chi connectivity index (χ3n) is 3.06. The largest absolute Gasteiger partial charge is 0.298 e. The molecule has 0 saturated heterocycles. The van der Waals surface area contributed by atoms with E-state index in [-0.39, 0.29) is 5.82 Å². The molecule has 0 aliphatic rings. The molecule has 92 valence electrons. The van der Waals surface area contributed by atoms with E-state index in [1.807, 2.05) is 30.3 Å². The molecule has 0 atom stereocenters. The van der Waals surface area contributed by atoms with Crippen molar-refractivity contribution < 1.29 is 9.18 Å². The maximum Gasteiger partial charge on any atom is 0.150 e. The fraction of sp³-hybridized carbons (Fsp3) is 0. The summed E-state index contributed by atoms with van der Waals surface area (Å²) in [6, 6.07) is 13.6. The van der Waals surface area contributed by atoms with Crippen molar-refractivity contribution in [3.8, 4) is 11.1 Å². The Kier molecular flexibility index (Phi) is 2.80. The van der Waals surface area contributed by atoms with Crippen molar-refractivity contribution in [2.75, 3.05) is 0 Å². The number of fused-ring (bicyclic) bond motifs is 1. The number of aromatic nitrogens is 1. The van der Waals surface area contributed by atoms with Crippen molar-refractivity contribution in [1.82, 2.24) is 4.98 Å². The van der Waals surface area contributed by atoms with Crippen molar-refractivity contribution in [3.63, 3.8) is 0 Å². The summed E-state index contributed by atoms with van der Waals surface area (Å²) in [5, 5.41) is 0.959. The lowest BCUT2D eigenvalue weighted by Gasteiger charge is -2.06. The van der Waals surface area contributed by atoms with Crippen LogP contribution in [0.25, 0.3) is 22.0 Å². The molecule has 2 aromatic carbocycles. The Hall–Kier alpha value is -2.55. The van der Waals surface area contributed by atoms with Crippen LogP contribution in [0.1, 0.15) is 10.4 Å². The Bertz CT molecular complexity index is 768. The van der Waals surface area contributed by atoms with Gasteiger partial charge < -0.3 is 0 Å². The molecule has 0 aliphatic heterocycles. The van der Waals surface area contributed by atoms with E-state index in [1.165, 1.54) is 18.2 Å². The topological polar surface area (TPSA) is 30.0 Å². The molecule has 0 fully saturated rings. The molecular formula is C16H10FNO. The van der Waals surface area contributed by atoms with Crippen LogP contribution in [-0.2, 0) is 0 Å². The highest BCUT2D eigenvalue weighted by Gasteiger charge is 2.07. The lowest BCUT2D eigenvalue weighted by atomic mass is 9.99. The van der Waals surface area contributed by atoms with Gasteiger partial charge in [0.15, 0.2) is 6.29 Å². The third kappa shape index (κ3) is 2.10. The quantitative estimate of drug-likeness (QED) is 0.647. The molecular weight excluding hydrogens is 241 g/mol. The predicted molar refractivity (Wildman–Crippen MR) is 72.5 cm³/mol. The van der Waals surface area contributed by atoms with Gasteiger partial charge in [-0.3, -0.25) is 9.78 Å². The smallest absolute Gasteiger partial charge is 0.150 e. The molecule has 3 heteroatoms. The maximum atomic E-state index is 13.4. The zero-order valence-corrected chi connectivity index (χ0v) is 10.0. The summed E-state index contributed by atoms with van der Waals surface area (Å²) < 4.78 is 13.4. The number of rotatable bonds is 2. The van der Waals surface area contributed by atoms with Gasteiger partial charge in [0, 0.05) is 17.1 Å². The standard InChI is InChI=1S/C16H10FNO/c17-14-5-3-13(10-19)15(9-14)11-4-6-16-12(8-11)2-1-7-18-16/h1-10H. The second kappa shape index (κ2) is 4.61. The van der Waals surface area contributed by atoms with E-state index in [0.29, 0.717) is 11.1 Å². The van der Waals surface area contributed by atoms with Crippen LogP contribution < -0.4 is 0 Å². The molecule has 0 spiro atoms. The highest BCUT2D eigenvalue weighted by Crippen LogP contribution is 2.26. The average Bonchev–Trinajstić information content (AvgIpc) is 2.46. The summed E-state index contributed by atoms with van der Waals surface area (Å²) in [5.74, 6) is -0.355. The van der Waals surface area contributed by atoms with Gasteiger partial charge in [-0.15, -0.1) is 0 Å². The van der Waals surface area contributed by atoms with Gasteiger partial charge in [-0.25, -0.2) is 4.39 Å². The van der Waals surface area contributed by atoms with Crippen LogP contribution in [0, 0.1) is 5.82 Å². The normalized spacial score (nSPS) is 10.6. The lowest BCUT2D eigenvalue weighted by Crippen LogP contribution is -1.89. The number of pyridine rings is 1. The molecule has 0 radical (unpaired) electrons.